The van der Waals surface area contributed by atoms with E-state index in [2.05, 4.69) is 33.9 Å². The minimum absolute atomic E-state index is 0.0458. The number of anilines is 3. The molecule has 5 rings (SSSR count). The average Bonchev–Trinajstić information content (AvgIpc) is 3.43. The van der Waals surface area contributed by atoms with E-state index in [1.165, 1.54) is 0 Å². The predicted molar refractivity (Wildman–Crippen MR) is 155 cm³/mol. The molecule has 1 aromatic heterocycles. The molecule has 0 spiro atoms. The van der Waals surface area contributed by atoms with Gasteiger partial charge in [0, 0.05) is 29.5 Å². The van der Waals surface area contributed by atoms with Crippen molar-refractivity contribution in [2.24, 2.45) is 5.73 Å². The molecule has 210 valence electrons. The standard InChI is InChI=1S/C30H31N7O4/c1-3-28(38)37-19(2)16-25(24-6-4-5-7-27(24)37)32-21-10-12-22(13-11-21)33-29(39)26-18-36(35-34-26)17-20-8-14-23(15-9-20)41-30(31)40/h4-15,18-19,25,32H,3,16-17H2,1-2H3,(H2,31,40)(H,33,39)/t19-,25+/m0/s1. The van der Waals surface area contributed by atoms with Gasteiger partial charge in [0.2, 0.25) is 5.91 Å². The minimum Gasteiger partial charge on any atom is -0.411 e. The molecule has 2 heterocycles. The lowest BCUT2D eigenvalue weighted by Crippen LogP contribution is -2.44. The van der Waals surface area contributed by atoms with Crippen LogP contribution in [0.4, 0.5) is 21.9 Å². The molecule has 1 aliphatic rings. The summed E-state index contributed by atoms with van der Waals surface area (Å²) >= 11 is 0. The van der Waals surface area contributed by atoms with Gasteiger partial charge in [-0.2, -0.15) is 0 Å². The Bertz CT molecular complexity index is 1550. The zero-order valence-electron chi connectivity index (χ0n) is 22.8. The quantitative estimate of drug-likeness (QED) is 0.286. The smallest absolute Gasteiger partial charge is 0.409 e. The Morgan fingerprint density at radius 2 is 1.71 bits per heavy atom. The van der Waals surface area contributed by atoms with Crippen molar-refractivity contribution in [1.82, 2.24) is 15.0 Å². The number of fused-ring (bicyclic) bond motifs is 1. The second-order valence-electron chi connectivity index (χ2n) is 9.86. The van der Waals surface area contributed by atoms with Crippen LogP contribution in [0, 0.1) is 0 Å². The number of primary amides is 1. The lowest BCUT2D eigenvalue weighted by Gasteiger charge is -2.40. The number of rotatable bonds is 8. The molecule has 2 atom stereocenters. The summed E-state index contributed by atoms with van der Waals surface area (Å²) in [6.07, 6.45) is 1.93. The molecular weight excluding hydrogens is 522 g/mol. The van der Waals surface area contributed by atoms with Crippen LogP contribution in [0.2, 0.25) is 0 Å². The number of ether oxygens (including phenoxy) is 1. The lowest BCUT2D eigenvalue weighted by molar-refractivity contribution is -0.118. The third-order valence-corrected chi connectivity index (χ3v) is 6.90. The first-order valence-corrected chi connectivity index (χ1v) is 13.4. The van der Waals surface area contributed by atoms with Crippen LogP contribution in [0.1, 0.15) is 54.3 Å². The van der Waals surface area contributed by atoms with Gasteiger partial charge in [0.25, 0.3) is 5.91 Å². The number of para-hydroxylation sites is 1. The SMILES string of the molecule is CCC(=O)N1c2ccccc2[C@H](Nc2ccc(NC(=O)c3cn(Cc4ccc(OC(N)=O)cc4)nn3)cc2)C[C@@H]1C. The van der Waals surface area contributed by atoms with Crippen molar-refractivity contribution in [2.75, 3.05) is 15.5 Å². The van der Waals surface area contributed by atoms with E-state index in [0.29, 0.717) is 24.4 Å². The van der Waals surface area contributed by atoms with Crippen LogP contribution in [-0.4, -0.2) is 38.9 Å². The van der Waals surface area contributed by atoms with E-state index >= 15 is 0 Å². The number of hydrogen-bond donors (Lipinski definition) is 3. The van der Waals surface area contributed by atoms with Gasteiger partial charge >= 0.3 is 6.09 Å². The fourth-order valence-electron chi connectivity index (χ4n) is 4.99. The molecule has 4 aromatic rings. The first kappa shape index (κ1) is 27.4. The summed E-state index contributed by atoms with van der Waals surface area (Å²) in [5.41, 5.74) is 9.64. The fraction of sp³-hybridized carbons (Fsp3) is 0.233. The summed E-state index contributed by atoms with van der Waals surface area (Å²) in [4.78, 5) is 38.1. The Morgan fingerprint density at radius 3 is 2.41 bits per heavy atom. The third-order valence-electron chi connectivity index (χ3n) is 6.90. The highest BCUT2D eigenvalue weighted by Gasteiger charge is 2.32. The van der Waals surface area contributed by atoms with Crippen LogP contribution in [-0.2, 0) is 11.3 Å². The fourth-order valence-corrected chi connectivity index (χ4v) is 4.99. The van der Waals surface area contributed by atoms with Gasteiger partial charge < -0.3 is 26.0 Å². The minimum atomic E-state index is -0.877. The number of carbonyl (C=O) groups excluding carboxylic acids is 3. The number of carbonyl (C=O) groups is 3. The largest absolute Gasteiger partial charge is 0.411 e. The van der Waals surface area contributed by atoms with E-state index in [4.69, 9.17) is 10.5 Å². The topological polar surface area (TPSA) is 144 Å². The van der Waals surface area contributed by atoms with Crippen molar-refractivity contribution in [3.05, 3.63) is 95.8 Å². The van der Waals surface area contributed by atoms with Crippen LogP contribution < -0.4 is 26.0 Å². The second-order valence-corrected chi connectivity index (χ2v) is 9.86. The number of nitrogens with two attached hydrogens (primary N) is 1. The summed E-state index contributed by atoms with van der Waals surface area (Å²) in [6, 6.07) is 22.4. The Kier molecular flexibility index (Phi) is 7.95. The first-order valence-electron chi connectivity index (χ1n) is 13.4. The molecule has 0 saturated heterocycles. The maximum absolute atomic E-state index is 12.8. The number of aromatic nitrogens is 3. The Morgan fingerprint density at radius 1 is 1.00 bits per heavy atom. The van der Waals surface area contributed by atoms with E-state index < -0.39 is 6.09 Å². The summed E-state index contributed by atoms with van der Waals surface area (Å²) in [5, 5.41) is 14.5. The van der Waals surface area contributed by atoms with Gasteiger partial charge in [0.1, 0.15) is 5.75 Å². The zero-order chi connectivity index (χ0) is 28.9. The highest BCUT2D eigenvalue weighted by Crippen LogP contribution is 2.39. The Hall–Kier alpha value is -5.19. The van der Waals surface area contributed by atoms with Gasteiger partial charge in [-0.3, -0.25) is 9.59 Å². The predicted octanol–water partition coefficient (Wildman–Crippen LogP) is 4.72. The molecule has 0 bridgehead atoms. The number of nitrogens with one attached hydrogen (secondary N) is 2. The maximum Gasteiger partial charge on any atom is 0.409 e. The van der Waals surface area contributed by atoms with Crippen molar-refractivity contribution in [3.8, 4) is 5.75 Å². The summed E-state index contributed by atoms with van der Waals surface area (Å²) in [6.45, 7) is 4.34. The molecular formula is C30H31N7O4. The molecule has 0 fully saturated rings. The number of benzene rings is 3. The van der Waals surface area contributed by atoms with E-state index in [0.717, 1.165) is 28.9 Å². The van der Waals surface area contributed by atoms with Crippen molar-refractivity contribution in [3.63, 3.8) is 0 Å². The molecule has 11 nitrogen and oxygen atoms in total. The normalized spacial score (nSPS) is 16.0. The Balaban J connectivity index is 1.20. The van der Waals surface area contributed by atoms with Gasteiger partial charge in [-0.1, -0.05) is 42.5 Å². The van der Waals surface area contributed by atoms with E-state index in [9.17, 15) is 14.4 Å². The Labute approximate surface area is 237 Å². The summed E-state index contributed by atoms with van der Waals surface area (Å²) in [7, 11) is 0. The number of amides is 3. The lowest BCUT2D eigenvalue weighted by atomic mass is 9.91. The third kappa shape index (κ3) is 6.35. The average molecular weight is 554 g/mol. The molecule has 0 saturated carbocycles. The summed E-state index contributed by atoms with van der Waals surface area (Å²) in [5.74, 6) is 0.0848. The molecule has 1 aliphatic heterocycles. The molecule has 0 unspecified atom stereocenters. The van der Waals surface area contributed by atoms with Crippen molar-refractivity contribution in [1.29, 1.82) is 0 Å². The van der Waals surface area contributed by atoms with Gasteiger partial charge in [-0.25, -0.2) is 9.48 Å². The monoisotopic (exact) mass is 553 g/mol. The highest BCUT2D eigenvalue weighted by molar-refractivity contribution is 6.02. The van der Waals surface area contributed by atoms with E-state index in [-0.39, 0.29) is 29.6 Å². The molecule has 0 aliphatic carbocycles. The van der Waals surface area contributed by atoms with Gasteiger partial charge in [0.05, 0.1) is 18.8 Å². The molecule has 11 heteroatoms. The first-order chi connectivity index (χ1) is 19.8. The molecule has 3 aromatic carbocycles. The van der Waals surface area contributed by atoms with Gasteiger partial charge in [-0.15, -0.1) is 5.10 Å². The highest BCUT2D eigenvalue weighted by atomic mass is 16.5. The molecule has 3 amide bonds. The van der Waals surface area contributed by atoms with Crippen molar-refractivity contribution in [2.45, 2.75) is 45.3 Å². The molecule has 0 radical (unpaired) electrons. The van der Waals surface area contributed by atoms with Crippen LogP contribution >= 0.6 is 0 Å². The van der Waals surface area contributed by atoms with Gasteiger partial charge in [-0.05, 0) is 66.9 Å². The zero-order valence-corrected chi connectivity index (χ0v) is 22.8. The summed E-state index contributed by atoms with van der Waals surface area (Å²) < 4.78 is 6.37. The van der Waals surface area contributed by atoms with Crippen LogP contribution in [0.15, 0.2) is 79.0 Å². The van der Waals surface area contributed by atoms with Crippen LogP contribution in [0.3, 0.4) is 0 Å². The number of nitrogens with zero attached hydrogens (tertiary/aromatic N) is 4. The van der Waals surface area contributed by atoms with Crippen molar-refractivity contribution < 1.29 is 19.1 Å². The van der Waals surface area contributed by atoms with Crippen LogP contribution in [0.5, 0.6) is 5.75 Å². The van der Waals surface area contributed by atoms with Crippen LogP contribution in [0.25, 0.3) is 0 Å². The molecule has 4 N–H and O–H groups in total. The van der Waals surface area contributed by atoms with Crippen molar-refractivity contribution >= 4 is 35.0 Å². The second kappa shape index (κ2) is 11.9. The maximum atomic E-state index is 12.8. The number of hydrogen-bond acceptors (Lipinski definition) is 7. The van der Waals surface area contributed by atoms with E-state index in [1.54, 1.807) is 35.1 Å². The van der Waals surface area contributed by atoms with E-state index in [1.807, 2.05) is 54.3 Å². The molecule has 41 heavy (non-hydrogen) atoms. The van der Waals surface area contributed by atoms with Gasteiger partial charge in [0.15, 0.2) is 5.69 Å².